The standard InChI is InChI=1S/C48H60FN9O5.2C2H6/c1-30-22-32(8-10-37(30)33-23-36(63-3)28-56(27-33)42(45(51)52)25-40(50)38-6-4-5-7-43(38)59)46(61)55-20-15-48(49,16-21-55)29-54-17-12-34(13-18-54)58-26-31(2)39-24-35(9-11-41(39)58)57-19-14-44(60)53-47(57)62;2*1-2/h4-11,22,24-26,33-34,36,59H,12-21,23,27-29,50-52H2,1-3H3,(H,53,60,62);2*1-2H3/b40-25-;;. The van der Waals surface area contributed by atoms with Crippen molar-refractivity contribution >= 4 is 40.1 Å². The number of urea groups is 1. The number of fused-ring (bicyclic) bond motifs is 1. The predicted molar refractivity (Wildman–Crippen MR) is 265 cm³/mol. The van der Waals surface area contributed by atoms with E-state index in [2.05, 4.69) is 38.9 Å². The number of hydrogen-bond acceptors (Lipinski definition) is 10. The van der Waals surface area contributed by atoms with Gasteiger partial charge < -0.3 is 46.3 Å². The molecule has 0 bridgehead atoms. The number of halogens is 1. The van der Waals surface area contributed by atoms with Crippen LogP contribution in [0.25, 0.3) is 16.6 Å². The molecule has 1 aromatic heterocycles. The number of phenolic OH excluding ortho intramolecular Hbond substituents is 1. The Bertz CT molecular complexity index is 2450. The Hall–Kier alpha value is -6.06. The number of nitrogens with one attached hydrogen (secondary N) is 1. The summed E-state index contributed by atoms with van der Waals surface area (Å²) in [6, 6.07) is 18.6. The summed E-state index contributed by atoms with van der Waals surface area (Å²) in [5.41, 5.74) is 24.5. The van der Waals surface area contributed by atoms with Gasteiger partial charge in [-0.25, -0.2) is 9.18 Å². The Kier molecular flexibility index (Phi) is 16.7. The number of anilines is 1. The molecule has 67 heavy (non-hydrogen) atoms. The van der Waals surface area contributed by atoms with Crippen LogP contribution in [0, 0.1) is 13.8 Å². The molecule has 8 N–H and O–H groups in total. The number of carbonyl (C=O) groups is 3. The van der Waals surface area contributed by atoms with Gasteiger partial charge in [0.25, 0.3) is 5.91 Å². The minimum Gasteiger partial charge on any atom is -0.507 e. The lowest BCUT2D eigenvalue weighted by Gasteiger charge is -2.41. The number of aromatic nitrogens is 1. The van der Waals surface area contributed by atoms with E-state index in [0.29, 0.717) is 74.6 Å². The summed E-state index contributed by atoms with van der Waals surface area (Å²) in [4.78, 5) is 45.7. The summed E-state index contributed by atoms with van der Waals surface area (Å²) in [5.74, 6) is -0.139. The Morgan fingerprint density at radius 2 is 1.60 bits per heavy atom. The average Bonchev–Trinajstić information content (AvgIpc) is 3.66. The molecule has 4 aliphatic heterocycles. The minimum atomic E-state index is -1.37. The lowest BCUT2D eigenvalue weighted by Crippen LogP contribution is -2.51. The fourth-order valence-corrected chi connectivity index (χ4v) is 10.1. The molecule has 14 nitrogen and oxygen atoms in total. The average molecular weight is 922 g/mol. The van der Waals surface area contributed by atoms with E-state index in [0.717, 1.165) is 65.6 Å². The Balaban J connectivity index is 0.00000180. The van der Waals surface area contributed by atoms with Gasteiger partial charge in [0, 0.05) is 130 Å². The first-order chi connectivity index (χ1) is 32.2. The summed E-state index contributed by atoms with van der Waals surface area (Å²) < 4.78 is 24.7. The summed E-state index contributed by atoms with van der Waals surface area (Å²) in [6.07, 6.45) is 7.17. The molecule has 0 spiro atoms. The highest BCUT2D eigenvalue weighted by atomic mass is 19.1. The van der Waals surface area contributed by atoms with Crippen LogP contribution in [0.5, 0.6) is 5.75 Å². The number of aromatic hydroxyl groups is 1. The number of nitrogens with zero attached hydrogens (tertiary/aromatic N) is 5. The molecule has 5 heterocycles. The van der Waals surface area contributed by atoms with Crippen LogP contribution in [-0.4, -0.2) is 113 Å². The first-order valence-electron chi connectivity index (χ1n) is 24.0. The van der Waals surface area contributed by atoms with Gasteiger partial charge in [-0.15, -0.1) is 0 Å². The molecule has 4 aliphatic rings. The van der Waals surface area contributed by atoms with Gasteiger partial charge in [0.1, 0.15) is 17.2 Å². The second kappa shape index (κ2) is 22.2. The fraction of sp³-hybridized carbons (Fsp3) is 0.481. The number of aryl methyl sites for hydroxylation is 2. The first-order valence-corrected chi connectivity index (χ1v) is 24.0. The van der Waals surface area contributed by atoms with Crippen LogP contribution in [0.2, 0.25) is 0 Å². The molecule has 2 atom stereocenters. The molecule has 2 unspecified atom stereocenters. The maximum atomic E-state index is 16.5. The van der Waals surface area contributed by atoms with Gasteiger partial charge in [-0.2, -0.15) is 0 Å². The summed E-state index contributed by atoms with van der Waals surface area (Å²) >= 11 is 0. The van der Waals surface area contributed by atoms with E-state index < -0.39 is 11.7 Å². The van der Waals surface area contributed by atoms with E-state index in [1.54, 1.807) is 47.3 Å². The fourth-order valence-electron chi connectivity index (χ4n) is 10.1. The van der Waals surface area contributed by atoms with Crippen molar-refractivity contribution in [3.8, 4) is 5.75 Å². The first kappa shape index (κ1) is 50.4. The van der Waals surface area contributed by atoms with Gasteiger partial charge in [-0.1, -0.05) is 45.9 Å². The molecule has 3 aromatic carbocycles. The highest BCUT2D eigenvalue weighted by Gasteiger charge is 2.39. The molecule has 0 aliphatic carbocycles. The number of methoxy groups -OCH3 is 1. The zero-order valence-corrected chi connectivity index (χ0v) is 40.5. The summed E-state index contributed by atoms with van der Waals surface area (Å²) in [7, 11) is 1.68. The lowest BCUT2D eigenvalue weighted by atomic mass is 9.85. The number of piperidine rings is 3. The highest BCUT2D eigenvalue weighted by molar-refractivity contribution is 6.06. The number of amides is 4. The summed E-state index contributed by atoms with van der Waals surface area (Å²) in [5, 5.41) is 13.9. The van der Waals surface area contributed by atoms with Gasteiger partial charge in [0.15, 0.2) is 0 Å². The minimum absolute atomic E-state index is 0.0411. The van der Waals surface area contributed by atoms with Crippen molar-refractivity contribution in [3.63, 3.8) is 0 Å². The number of carbonyl (C=O) groups excluding carboxylic acids is 3. The van der Waals surface area contributed by atoms with Crippen LogP contribution >= 0.6 is 0 Å². The third-order valence-corrected chi connectivity index (χ3v) is 13.6. The smallest absolute Gasteiger partial charge is 0.328 e. The van der Waals surface area contributed by atoms with Crippen molar-refractivity contribution in [2.45, 2.75) is 104 Å². The zero-order valence-electron chi connectivity index (χ0n) is 40.5. The van der Waals surface area contributed by atoms with E-state index in [9.17, 15) is 19.5 Å². The molecule has 4 aromatic rings. The Labute approximate surface area is 395 Å². The molecular formula is C52H72FN9O5. The monoisotopic (exact) mass is 922 g/mol. The van der Waals surface area contributed by atoms with Crippen molar-refractivity contribution in [2.75, 3.05) is 64.4 Å². The Morgan fingerprint density at radius 1 is 0.896 bits per heavy atom. The van der Waals surface area contributed by atoms with Gasteiger partial charge in [0.2, 0.25) is 5.91 Å². The van der Waals surface area contributed by atoms with E-state index in [4.69, 9.17) is 21.9 Å². The number of rotatable bonds is 10. The third-order valence-electron chi connectivity index (χ3n) is 13.6. The molecule has 4 amide bonds. The van der Waals surface area contributed by atoms with Crippen molar-refractivity contribution in [1.29, 1.82) is 0 Å². The van der Waals surface area contributed by atoms with Crippen molar-refractivity contribution in [1.82, 2.24) is 24.6 Å². The maximum Gasteiger partial charge on any atom is 0.328 e. The largest absolute Gasteiger partial charge is 0.507 e. The number of imide groups is 1. The summed E-state index contributed by atoms with van der Waals surface area (Å²) in [6.45, 7) is 16.2. The highest BCUT2D eigenvalue weighted by Crippen LogP contribution is 2.37. The van der Waals surface area contributed by atoms with Crippen molar-refractivity contribution in [2.24, 2.45) is 17.2 Å². The molecule has 0 radical (unpaired) electrons. The molecule has 4 saturated heterocycles. The van der Waals surface area contributed by atoms with Crippen molar-refractivity contribution < 1.29 is 28.6 Å². The van der Waals surface area contributed by atoms with Crippen LogP contribution in [0.1, 0.15) is 111 Å². The third kappa shape index (κ3) is 11.4. The second-order valence-corrected chi connectivity index (χ2v) is 17.9. The van der Waals surface area contributed by atoms with E-state index >= 15 is 4.39 Å². The van der Waals surface area contributed by atoms with Crippen LogP contribution in [0.4, 0.5) is 14.9 Å². The molecule has 15 heteroatoms. The molecule has 8 rings (SSSR count). The number of allylic oxidation sites excluding steroid dienone is 1. The van der Waals surface area contributed by atoms with E-state index in [-0.39, 0.29) is 47.9 Å². The quantitative estimate of drug-likeness (QED) is 0.0990. The molecule has 0 saturated carbocycles. The number of para-hydroxylation sites is 1. The molecular weight excluding hydrogens is 850 g/mol. The number of benzene rings is 3. The Morgan fingerprint density at radius 3 is 2.24 bits per heavy atom. The molecule has 4 fully saturated rings. The van der Waals surface area contributed by atoms with E-state index in [1.807, 2.05) is 65.0 Å². The number of nitrogens with two attached hydrogens (primary N) is 3. The normalized spacial score (nSPS) is 20.4. The topological polar surface area (TPSA) is 189 Å². The van der Waals surface area contributed by atoms with Crippen LogP contribution in [-0.2, 0) is 9.53 Å². The van der Waals surface area contributed by atoms with E-state index in [1.165, 1.54) is 0 Å². The second-order valence-electron chi connectivity index (χ2n) is 17.9. The van der Waals surface area contributed by atoms with Crippen LogP contribution in [0.3, 0.4) is 0 Å². The predicted octanol–water partition coefficient (Wildman–Crippen LogP) is 7.63. The van der Waals surface area contributed by atoms with Gasteiger partial charge in [-0.05, 0) is 98.3 Å². The lowest BCUT2D eigenvalue weighted by molar-refractivity contribution is -0.120. The number of ether oxygens (including phenoxy) is 1. The SMILES string of the molecule is CC.CC.COC1CC(c2ccc(C(=O)N3CCC(F)(CN4CCC(n5cc(C)c6cc(N7CCC(=O)NC7=O)ccc65)CC4)CC3)cc2C)CN(C(/C=C(\N)c2ccccc2O)=C(N)N)C1. The van der Waals surface area contributed by atoms with Gasteiger partial charge >= 0.3 is 6.03 Å². The number of hydrogen-bond donors (Lipinski definition) is 5. The van der Waals surface area contributed by atoms with Crippen LogP contribution < -0.4 is 27.4 Å². The maximum absolute atomic E-state index is 16.5. The number of likely N-dealkylation sites (tertiary alicyclic amines) is 3. The van der Waals surface area contributed by atoms with Gasteiger partial charge in [0.05, 0.1) is 11.8 Å². The van der Waals surface area contributed by atoms with Gasteiger partial charge in [-0.3, -0.25) is 19.8 Å². The number of phenols is 1. The zero-order chi connectivity index (χ0) is 48.6. The number of alkyl halides is 1. The van der Waals surface area contributed by atoms with Crippen LogP contribution in [0.15, 0.2) is 84.5 Å². The molecule has 362 valence electrons. The van der Waals surface area contributed by atoms with Crippen molar-refractivity contribution in [3.05, 3.63) is 112 Å².